The van der Waals surface area contributed by atoms with Crippen molar-refractivity contribution in [2.24, 2.45) is 0 Å². The molecule has 7 heteroatoms. The van der Waals surface area contributed by atoms with Crippen molar-refractivity contribution < 1.29 is 18.1 Å². The van der Waals surface area contributed by atoms with Gasteiger partial charge in [-0.1, -0.05) is 0 Å². The van der Waals surface area contributed by atoms with Crippen LogP contribution in [0.25, 0.3) is 10.9 Å². The van der Waals surface area contributed by atoms with Crippen LogP contribution >= 0.6 is 0 Å². The minimum absolute atomic E-state index is 0.0903. The second-order valence-corrected chi connectivity index (χ2v) is 4.11. The van der Waals surface area contributed by atoms with Crippen molar-refractivity contribution in [3.63, 3.8) is 0 Å². The molecule has 0 atom stereocenters. The Labute approximate surface area is 78.9 Å². The highest BCUT2D eigenvalue weighted by Crippen LogP contribution is 2.27. The van der Waals surface area contributed by atoms with Gasteiger partial charge in [-0.2, -0.15) is 13.5 Å². The molecule has 3 N–H and O–H groups in total. The number of aromatic amines is 1. The normalized spacial score (nSPS) is 12.1. The number of hydrogen-bond acceptors (Lipinski definition) is 4. The molecule has 2 aromatic rings. The lowest BCUT2D eigenvalue weighted by Crippen LogP contribution is -1.98. The van der Waals surface area contributed by atoms with Crippen LogP contribution in [0.4, 0.5) is 0 Å². The Morgan fingerprint density at radius 3 is 2.71 bits per heavy atom. The number of H-pyrrole nitrogens is 1. The zero-order valence-corrected chi connectivity index (χ0v) is 7.61. The molecule has 1 heterocycles. The van der Waals surface area contributed by atoms with Crippen molar-refractivity contribution in [2.75, 3.05) is 0 Å². The summed E-state index contributed by atoms with van der Waals surface area (Å²) in [5.74, 6) is -0.0962. The van der Waals surface area contributed by atoms with E-state index in [-0.39, 0.29) is 21.5 Å². The van der Waals surface area contributed by atoms with E-state index in [0.717, 1.165) is 6.07 Å². The summed E-state index contributed by atoms with van der Waals surface area (Å²) in [4.78, 5) is -0.303. The second kappa shape index (κ2) is 2.69. The van der Waals surface area contributed by atoms with Gasteiger partial charge in [0.2, 0.25) is 0 Å². The number of benzene rings is 1. The molecule has 0 amide bonds. The number of rotatable bonds is 1. The Hall–Kier alpha value is -1.60. The number of phenolic OH excluding ortho intramolecular Hbond substituents is 1. The van der Waals surface area contributed by atoms with Crippen LogP contribution in [0.15, 0.2) is 23.2 Å². The van der Waals surface area contributed by atoms with Gasteiger partial charge in [-0.3, -0.25) is 9.65 Å². The molecule has 0 aliphatic rings. The first-order valence-electron chi connectivity index (χ1n) is 3.62. The molecule has 0 unspecified atom stereocenters. The van der Waals surface area contributed by atoms with Crippen LogP contribution in [0, 0.1) is 0 Å². The molecule has 0 aliphatic carbocycles. The largest absolute Gasteiger partial charge is 0.507 e. The van der Waals surface area contributed by atoms with Crippen LogP contribution in [-0.4, -0.2) is 28.3 Å². The van der Waals surface area contributed by atoms with Crippen LogP contribution in [0.3, 0.4) is 0 Å². The molecule has 0 fully saturated rings. The molecule has 0 bridgehead atoms. The maximum Gasteiger partial charge on any atom is 0.296 e. The van der Waals surface area contributed by atoms with E-state index in [1.165, 1.54) is 12.3 Å². The molecule has 0 aliphatic heterocycles. The summed E-state index contributed by atoms with van der Waals surface area (Å²) < 4.78 is 30.6. The third kappa shape index (κ3) is 1.22. The molecular formula is C7H6N2O4S. The van der Waals surface area contributed by atoms with Gasteiger partial charge >= 0.3 is 0 Å². The van der Waals surface area contributed by atoms with E-state index in [0.29, 0.717) is 0 Å². The molecule has 1 aromatic heterocycles. The maximum absolute atomic E-state index is 10.9. The van der Waals surface area contributed by atoms with Gasteiger partial charge in [0.05, 0.1) is 17.1 Å². The quantitative estimate of drug-likeness (QED) is 0.600. The van der Waals surface area contributed by atoms with Crippen molar-refractivity contribution in [1.29, 1.82) is 0 Å². The van der Waals surface area contributed by atoms with Crippen molar-refractivity contribution in [1.82, 2.24) is 10.2 Å². The molecular weight excluding hydrogens is 208 g/mol. The summed E-state index contributed by atoms with van der Waals surface area (Å²) >= 11 is 0. The lowest BCUT2D eigenvalue weighted by atomic mass is 10.2. The number of nitrogens with zero attached hydrogens (tertiary/aromatic N) is 1. The highest BCUT2D eigenvalue weighted by molar-refractivity contribution is 7.86. The lowest BCUT2D eigenvalue weighted by molar-refractivity contribution is 0.479. The topological polar surface area (TPSA) is 103 Å². The first-order valence-corrected chi connectivity index (χ1v) is 5.06. The fourth-order valence-corrected chi connectivity index (χ4v) is 1.86. The Kier molecular flexibility index (Phi) is 1.73. The Morgan fingerprint density at radius 1 is 1.36 bits per heavy atom. The van der Waals surface area contributed by atoms with E-state index in [1.54, 1.807) is 0 Å². The molecule has 0 saturated carbocycles. The second-order valence-electron chi connectivity index (χ2n) is 2.72. The highest BCUT2D eigenvalue weighted by Gasteiger charge is 2.16. The zero-order chi connectivity index (χ0) is 10.3. The Morgan fingerprint density at radius 2 is 2.07 bits per heavy atom. The van der Waals surface area contributed by atoms with Gasteiger partial charge in [0.15, 0.2) is 0 Å². The van der Waals surface area contributed by atoms with Crippen molar-refractivity contribution >= 4 is 21.0 Å². The Balaban J connectivity index is 2.93. The monoisotopic (exact) mass is 214 g/mol. The van der Waals surface area contributed by atoms with Gasteiger partial charge in [-0.05, 0) is 12.1 Å². The number of hydrogen-bond donors (Lipinski definition) is 3. The fraction of sp³-hybridized carbons (Fsp3) is 0. The van der Waals surface area contributed by atoms with Crippen LogP contribution in [0.5, 0.6) is 5.75 Å². The van der Waals surface area contributed by atoms with E-state index in [4.69, 9.17) is 4.55 Å². The first-order chi connectivity index (χ1) is 6.50. The smallest absolute Gasteiger partial charge is 0.296 e. The van der Waals surface area contributed by atoms with Gasteiger partial charge in [0.1, 0.15) is 10.6 Å². The number of aromatic nitrogens is 2. The van der Waals surface area contributed by atoms with Crippen LogP contribution in [-0.2, 0) is 10.1 Å². The third-order valence-electron chi connectivity index (χ3n) is 1.83. The predicted molar refractivity (Wildman–Crippen MR) is 47.6 cm³/mol. The van der Waals surface area contributed by atoms with Crippen molar-refractivity contribution in [3.05, 3.63) is 18.3 Å². The van der Waals surface area contributed by atoms with Gasteiger partial charge < -0.3 is 5.11 Å². The van der Waals surface area contributed by atoms with Crippen LogP contribution in [0.2, 0.25) is 0 Å². The molecule has 74 valence electrons. The summed E-state index contributed by atoms with van der Waals surface area (Å²) in [7, 11) is -4.30. The van der Waals surface area contributed by atoms with E-state index in [2.05, 4.69) is 10.2 Å². The summed E-state index contributed by atoms with van der Waals surface area (Å²) in [5, 5.41) is 15.5. The average molecular weight is 214 g/mol. The summed E-state index contributed by atoms with van der Waals surface area (Å²) in [6.07, 6.45) is 1.28. The molecule has 0 radical (unpaired) electrons. The van der Waals surface area contributed by atoms with Gasteiger partial charge in [0, 0.05) is 0 Å². The first kappa shape index (κ1) is 8.97. The average Bonchev–Trinajstić information content (AvgIpc) is 2.50. The maximum atomic E-state index is 10.9. The summed E-state index contributed by atoms with van der Waals surface area (Å²) in [6.45, 7) is 0. The van der Waals surface area contributed by atoms with Gasteiger partial charge in [-0.25, -0.2) is 0 Å². The Bertz CT molecular complexity index is 587. The third-order valence-corrected chi connectivity index (χ3v) is 2.73. The van der Waals surface area contributed by atoms with E-state index < -0.39 is 10.1 Å². The fourth-order valence-electron chi connectivity index (χ4n) is 1.21. The minimum Gasteiger partial charge on any atom is -0.507 e. The number of phenols is 1. The SMILES string of the molecule is O=S(=O)(O)c1ccc(O)c2cn[nH]c12. The van der Waals surface area contributed by atoms with Crippen molar-refractivity contribution in [3.8, 4) is 5.75 Å². The van der Waals surface area contributed by atoms with Gasteiger partial charge in [-0.15, -0.1) is 0 Å². The molecule has 14 heavy (non-hydrogen) atoms. The number of nitrogens with one attached hydrogen (secondary N) is 1. The molecule has 0 spiro atoms. The van der Waals surface area contributed by atoms with E-state index in [9.17, 15) is 13.5 Å². The van der Waals surface area contributed by atoms with Crippen LogP contribution in [0.1, 0.15) is 0 Å². The summed E-state index contributed by atoms with van der Waals surface area (Å²) in [5.41, 5.74) is 0.0903. The molecule has 1 aromatic carbocycles. The molecule has 2 rings (SSSR count). The van der Waals surface area contributed by atoms with Crippen molar-refractivity contribution in [2.45, 2.75) is 4.90 Å². The molecule has 0 saturated heterocycles. The molecule has 6 nitrogen and oxygen atoms in total. The number of aromatic hydroxyl groups is 1. The summed E-state index contributed by atoms with van der Waals surface area (Å²) in [6, 6.07) is 2.28. The van der Waals surface area contributed by atoms with E-state index in [1.807, 2.05) is 0 Å². The van der Waals surface area contributed by atoms with Crippen LogP contribution < -0.4 is 0 Å². The number of fused-ring (bicyclic) bond motifs is 1. The zero-order valence-electron chi connectivity index (χ0n) is 6.80. The van der Waals surface area contributed by atoms with Gasteiger partial charge in [0.25, 0.3) is 10.1 Å². The minimum atomic E-state index is -4.30. The van der Waals surface area contributed by atoms with E-state index >= 15 is 0 Å². The predicted octanol–water partition coefficient (Wildman–Crippen LogP) is 0.515. The standard InChI is InChI=1S/C7H6N2O4S/c10-5-1-2-6(14(11,12)13)7-4(5)3-8-9-7/h1-3,10H,(H,8,9)(H,11,12,13). The highest BCUT2D eigenvalue weighted by atomic mass is 32.2. The lowest BCUT2D eigenvalue weighted by Gasteiger charge is -1.99.